The average Bonchev–Trinajstić information content (AvgIpc) is 2.35. The lowest BCUT2D eigenvalue weighted by atomic mass is 10.1. The lowest BCUT2D eigenvalue weighted by molar-refractivity contribution is 0.222. The number of rotatable bonds is 5. The Morgan fingerprint density at radius 3 is 2.61 bits per heavy atom. The van der Waals surface area contributed by atoms with E-state index in [4.69, 9.17) is 10.9 Å². The number of benzene rings is 1. The van der Waals surface area contributed by atoms with Crippen LogP contribution in [0.4, 0.5) is 4.39 Å². The van der Waals surface area contributed by atoms with Crippen LogP contribution >= 0.6 is 0 Å². The first-order valence-corrected chi connectivity index (χ1v) is 6.00. The summed E-state index contributed by atoms with van der Waals surface area (Å²) in [5.41, 5.74) is 6.40. The van der Waals surface area contributed by atoms with Gasteiger partial charge in [-0.3, -0.25) is 4.90 Å². The highest BCUT2D eigenvalue weighted by Gasteiger charge is 2.12. The van der Waals surface area contributed by atoms with Gasteiger partial charge in [0.25, 0.3) is 0 Å². The van der Waals surface area contributed by atoms with Crippen LogP contribution in [-0.4, -0.2) is 28.5 Å². The van der Waals surface area contributed by atoms with Crippen molar-refractivity contribution in [2.75, 3.05) is 6.54 Å². The van der Waals surface area contributed by atoms with E-state index in [2.05, 4.69) is 23.9 Å². The Hall–Kier alpha value is -1.62. The summed E-state index contributed by atoms with van der Waals surface area (Å²) in [5, 5.41) is 11.4. The van der Waals surface area contributed by atoms with E-state index in [-0.39, 0.29) is 11.7 Å². The smallest absolute Gasteiger partial charge is 0.170 e. The SMILES string of the molecule is CCN(Cc1ccc(/C(N)=N/O)cc1F)C(C)C. The Balaban J connectivity index is 2.92. The second kappa shape index (κ2) is 6.35. The summed E-state index contributed by atoms with van der Waals surface area (Å²) in [6.07, 6.45) is 0. The van der Waals surface area contributed by atoms with Crippen molar-refractivity contribution in [3.8, 4) is 0 Å². The van der Waals surface area contributed by atoms with Crippen LogP contribution in [-0.2, 0) is 6.54 Å². The zero-order chi connectivity index (χ0) is 13.7. The second-order valence-corrected chi connectivity index (χ2v) is 4.45. The lowest BCUT2D eigenvalue weighted by Crippen LogP contribution is -2.30. The molecule has 4 nitrogen and oxygen atoms in total. The van der Waals surface area contributed by atoms with Crippen molar-refractivity contribution >= 4 is 5.84 Å². The quantitative estimate of drug-likeness (QED) is 0.366. The van der Waals surface area contributed by atoms with Crippen LogP contribution in [0, 0.1) is 5.82 Å². The molecule has 1 rings (SSSR count). The monoisotopic (exact) mass is 253 g/mol. The fraction of sp³-hybridized carbons (Fsp3) is 0.462. The molecule has 0 heterocycles. The van der Waals surface area contributed by atoms with Crippen LogP contribution < -0.4 is 5.73 Å². The first-order chi connectivity index (χ1) is 8.49. The second-order valence-electron chi connectivity index (χ2n) is 4.45. The first kappa shape index (κ1) is 14.4. The molecule has 0 amide bonds. The number of hydrogen-bond acceptors (Lipinski definition) is 3. The third-order valence-corrected chi connectivity index (χ3v) is 2.97. The normalized spacial score (nSPS) is 12.4. The molecule has 18 heavy (non-hydrogen) atoms. The molecule has 1 aromatic carbocycles. The maximum Gasteiger partial charge on any atom is 0.170 e. The average molecular weight is 253 g/mol. The van der Waals surface area contributed by atoms with E-state index in [1.807, 2.05) is 6.92 Å². The van der Waals surface area contributed by atoms with Crippen LogP contribution in [0.15, 0.2) is 23.4 Å². The Kier molecular flexibility index (Phi) is 5.09. The molecule has 100 valence electrons. The summed E-state index contributed by atoms with van der Waals surface area (Å²) >= 11 is 0. The number of nitrogens with two attached hydrogens (primary N) is 1. The minimum atomic E-state index is -0.335. The summed E-state index contributed by atoms with van der Waals surface area (Å²) in [6.45, 7) is 7.61. The molecule has 5 heteroatoms. The Morgan fingerprint density at radius 2 is 2.17 bits per heavy atom. The Labute approximate surface area is 107 Å². The molecule has 0 saturated carbocycles. The van der Waals surface area contributed by atoms with Gasteiger partial charge in [0.15, 0.2) is 5.84 Å². The summed E-state index contributed by atoms with van der Waals surface area (Å²) in [4.78, 5) is 2.15. The highest BCUT2D eigenvalue weighted by molar-refractivity contribution is 5.97. The van der Waals surface area contributed by atoms with Crippen LogP contribution in [0.1, 0.15) is 31.9 Å². The van der Waals surface area contributed by atoms with Gasteiger partial charge in [-0.25, -0.2) is 4.39 Å². The van der Waals surface area contributed by atoms with E-state index in [1.54, 1.807) is 12.1 Å². The number of nitrogens with zero attached hydrogens (tertiary/aromatic N) is 2. The summed E-state index contributed by atoms with van der Waals surface area (Å²) in [5.74, 6) is -0.421. The van der Waals surface area contributed by atoms with Gasteiger partial charge in [-0.1, -0.05) is 24.2 Å². The summed E-state index contributed by atoms with van der Waals surface area (Å²) < 4.78 is 13.9. The van der Waals surface area contributed by atoms with E-state index in [9.17, 15) is 4.39 Å². The topological polar surface area (TPSA) is 61.8 Å². The molecule has 0 bridgehead atoms. The van der Waals surface area contributed by atoms with Gasteiger partial charge in [0.2, 0.25) is 0 Å². The molecule has 0 fully saturated rings. The molecule has 0 saturated heterocycles. The molecular formula is C13H20FN3O. The standard InChI is InChI=1S/C13H20FN3O/c1-4-17(9(2)3)8-11-6-5-10(7-12(11)14)13(15)16-18/h5-7,9,18H,4,8H2,1-3H3,(H2,15,16). The maximum absolute atomic E-state index is 13.9. The lowest BCUT2D eigenvalue weighted by Gasteiger charge is -2.25. The van der Waals surface area contributed by atoms with Crippen molar-refractivity contribution in [1.82, 2.24) is 4.90 Å². The van der Waals surface area contributed by atoms with Gasteiger partial charge in [0.1, 0.15) is 5.82 Å². The van der Waals surface area contributed by atoms with Gasteiger partial charge in [-0.05, 0) is 26.5 Å². The van der Waals surface area contributed by atoms with E-state index in [1.165, 1.54) is 6.07 Å². The van der Waals surface area contributed by atoms with Crippen molar-refractivity contribution in [3.05, 3.63) is 35.1 Å². The Bertz CT molecular complexity index is 432. The van der Waals surface area contributed by atoms with Crippen molar-refractivity contribution < 1.29 is 9.60 Å². The van der Waals surface area contributed by atoms with Crippen LogP contribution in [0.5, 0.6) is 0 Å². The molecule has 0 aliphatic rings. The van der Waals surface area contributed by atoms with Crippen LogP contribution in [0.25, 0.3) is 0 Å². The molecule has 0 radical (unpaired) electrons. The number of hydrogen-bond donors (Lipinski definition) is 2. The van der Waals surface area contributed by atoms with Gasteiger partial charge in [0.05, 0.1) is 0 Å². The minimum absolute atomic E-state index is 0.0864. The molecule has 0 aromatic heterocycles. The highest BCUT2D eigenvalue weighted by Crippen LogP contribution is 2.14. The molecule has 0 aliphatic heterocycles. The molecule has 0 spiro atoms. The largest absolute Gasteiger partial charge is 0.409 e. The zero-order valence-electron chi connectivity index (χ0n) is 11.0. The molecule has 1 aromatic rings. The predicted octanol–water partition coefficient (Wildman–Crippen LogP) is 2.15. The molecule has 0 unspecified atom stereocenters. The van der Waals surface area contributed by atoms with E-state index in [0.717, 1.165) is 6.54 Å². The third kappa shape index (κ3) is 3.43. The number of amidine groups is 1. The Morgan fingerprint density at radius 1 is 1.50 bits per heavy atom. The van der Waals surface area contributed by atoms with Gasteiger partial charge in [-0.15, -0.1) is 0 Å². The van der Waals surface area contributed by atoms with Gasteiger partial charge in [-0.2, -0.15) is 0 Å². The number of halogens is 1. The number of oxime groups is 1. The van der Waals surface area contributed by atoms with Crippen molar-refractivity contribution in [3.63, 3.8) is 0 Å². The first-order valence-electron chi connectivity index (χ1n) is 6.00. The van der Waals surface area contributed by atoms with Gasteiger partial charge in [0, 0.05) is 23.7 Å². The van der Waals surface area contributed by atoms with Crippen LogP contribution in [0.2, 0.25) is 0 Å². The fourth-order valence-corrected chi connectivity index (χ4v) is 1.77. The summed E-state index contributed by atoms with van der Waals surface area (Å²) in [7, 11) is 0. The minimum Gasteiger partial charge on any atom is -0.409 e. The van der Waals surface area contributed by atoms with E-state index < -0.39 is 0 Å². The van der Waals surface area contributed by atoms with Gasteiger partial charge < -0.3 is 10.9 Å². The highest BCUT2D eigenvalue weighted by atomic mass is 19.1. The van der Waals surface area contributed by atoms with Crippen molar-refractivity contribution in [1.29, 1.82) is 0 Å². The molecular weight excluding hydrogens is 233 g/mol. The van der Waals surface area contributed by atoms with E-state index >= 15 is 0 Å². The van der Waals surface area contributed by atoms with Crippen molar-refractivity contribution in [2.45, 2.75) is 33.4 Å². The predicted molar refractivity (Wildman–Crippen MR) is 70.1 cm³/mol. The zero-order valence-corrected chi connectivity index (χ0v) is 11.0. The maximum atomic E-state index is 13.9. The van der Waals surface area contributed by atoms with Gasteiger partial charge >= 0.3 is 0 Å². The molecule has 0 aliphatic carbocycles. The molecule has 3 N–H and O–H groups in total. The molecule has 0 atom stereocenters. The third-order valence-electron chi connectivity index (χ3n) is 2.97. The fourth-order valence-electron chi connectivity index (χ4n) is 1.77. The summed E-state index contributed by atoms with van der Waals surface area (Å²) in [6, 6.07) is 4.98. The van der Waals surface area contributed by atoms with E-state index in [0.29, 0.717) is 23.7 Å². The van der Waals surface area contributed by atoms with Crippen molar-refractivity contribution in [2.24, 2.45) is 10.9 Å². The van der Waals surface area contributed by atoms with Crippen LogP contribution in [0.3, 0.4) is 0 Å².